The van der Waals surface area contributed by atoms with Gasteiger partial charge in [-0.3, -0.25) is 10.1 Å². The van der Waals surface area contributed by atoms with E-state index < -0.39 is 4.92 Å². The molecule has 0 aliphatic rings. The van der Waals surface area contributed by atoms with Crippen LogP contribution in [0, 0.1) is 17.0 Å². The summed E-state index contributed by atoms with van der Waals surface area (Å²) >= 11 is 6.00. The van der Waals surface area contributed by atoms with Crippen molar-refractivity contribution in [1.29, 1.82) is 0 Å². The number of ether oxygens (including phenoxy) is 1. The van der Waals surface area contributed by atoms with Crippen LogP contribution in [0.15, 0.2) is 30.3 Å². The standard InChI is InChI=1S/C13H13ClN4O3/c1-8-2-4-12(11(6-8)18(19)20)21-7-10-9(14)3-5-13(16-10)17-15/h2-6H,7,15H2,1H3,(H,16,17). The van der Waals surface area contributed by atoms with E-state index in [4.69, 9.17) is 22.2 Å². The van der Waals surface area contributed by atoms with Gasteiger partial charge in [-0.25, -0.2) is 10.8 Å². The van der Waals surface area contributed by atoms with Crippen molar-refractivity contribution in [2.24, 2.45) is 5.84 Å². The number of anilines is 1. The Morgan fingerprint density at radius 3 is 2.86 bits per heavy atom. The fourth-order valence-corrected chi connectivity index (χ4v) is 1.86. The zero-order valence-electron chi connectivity index (χ0n) is 11.2. The highest BCUT2D eigenvalue weighted by Gasteiger charge is 2.16. The highest BCUT2D eigenvalue weighted by molar-refractivity contribution is 6.31. The molecule has 2 aromatic rings. The molecule has 0 unspecified atom stereocenters. The third-order valence-corrected chi connectivity index (χ3v) is 3.09. The van der Waals surface area contributed by atoms with Crippen LogP contribution in [0.25, 0.3) is 0 Å². The number of benzene rings is 1. The second-order valence-corrected chi connectivity index (χ2v) is 4.69. The zero-order valence-corrected chi connectivity index (χ0v) is 11.9. The molecular formula is C13H13ClN4O3. The Hall–Kier alpha value is -2.38. The molecule has 0 aliphatic carbocycles. The van der Waals surface area contributed by atoms with Crippen molar-refractivity contribution in [3.63, 3.8) is 0 Å². The smallest absolute Gasteiger partial charge is 0.311 e. The molecule has 0 amide bonds. The first-order valence-electron chi connectivity index (χ1n) is 6.01. The third kappa shape index (κ3) is 3.59. The highest BCUT2D eigenvalue weighted by atomic mass is 35.5. The van der Waals surface area contributed by atoms with Crippen molar-refractivity contribution in [3.05, 3.63) is 56.7 Å². The number of rotatable bonds is 5. The zero-order chi connectivity index (χ0) is 15.4. The normalized spacial score (nSPS) is 10.2. The summed E-state index contributed by atoms with van der Waals surface area (Å²) in [5.41, 5.74) is 3.51. The van der Waals surface area contributed by atoms with Gasteiger partial charge in [0.1, 0.15) is 12.4 Å². The van der Waals surface area contributed by atoms with E-state index in [-0.39, 0.29) is 18.0 Å². The molecule has 110 valence electrons. The summed E-state index contributed by atoms with van der Waals surface area (Å²) in [4.78, 5) is 14.7. The van der Waals surface area contributed by atoms with E-state index in [1.807, 2.05) is 0 Å². The number of hydrogen-bond donors (Lipinski definition) is 2. The van der Waals surface area contributed by atoms with E-state index in [9.17, 15) is 10.1 Å². The maximum absolute atomic E-state index is 11.0. The van der Waals surface area contributed by atoms with Crippen molar-refractivity contribution in [1.82, 2.24) is 4.98 Å². The van der Waals surface area contributed by atoms with Crippen molar-refractivity contribution in [3.8, 4) is 5.75 Å². The fraction of sp³-hybridized carbons (Fsp3) is 0.154. The Morgan fingerprint density at radius 1 is 1.43 bits per heavy atom. The van der Waals surface area contributed by atoms with Crippen molar-refractivity contribution in [2.75, 3.05) is 5.43 Å². The van der Waals surface area contributed by atoms with Gasteiger partial charge in [-0.15, -0.1) is 0 Å². The molecule has 0 radical (unpaired) electrons. The largest absolute Gasteiger partial charge is 0.480 e. The van der Waals surface area contributed by atoms with Crippen LogP contribution < -0.4 is 16.0 Å². The van der Waals surface area contributed by atoms with Gasteiger partial charge in [-0.05, 0) is 30.7 Å². The van der Waals surface area contributed by atoms with Crippen LogP contribution in [0.2, 0.25) is 5.02 Å². The second-order valence-electron chi connectivity index (χ2n) is 4.29. The predicted molar refractivity (Wildman–Crippen MR) is 79.2 cm³/mol. The molecule has 0 saturated heterocycles. The number of hydrogen-bond acceptors (Lipinski definition) is 6. The minimum atomic E-state index is -0.491. The Morgan fingerprint density at radius 2 is 2.19 bits per heavy atom. The van der Waals surface area contributed by atoms with E-state index in [1.165, 1.54) is 6.07 Å². The summed E-state index contributed by atoms with van der Waals surface area (Å²) in [6.45, 7) is 1.77. The van der Waals surface area contributed by atoms with Gasteiger partial charge in [0.15, 0.2) is 5.75 Å². The quantitative estimate of drug-likeness (QED) is 0.500. The topological polar surface area (TPSA) is 103 Å². The summed E-state index contributed by atoms with van der Waals surface area (Å²) in [5, 5.41) is 11.4. The van der Waals surface area contributed by atoms with Crippen LogP contribution in [0.5, 0.6) is 5.75 Å². The van der Waals surface area contributed by atoms with Gasteiger partial charge < -0.3 is 10.2 Å². The highest BCUT2D eigenvalue weighted by Crippen LogP contribution is 2.29. The lowest BCUT2D eigenvalue weighted by molar-refractivity contribution is -0.386. The Balaban J connectivity index is 2.22. The van der Waals surface area contributed by atoms with E-state index in [2.05, 4.69) is 10.4 Å². The molecule has 3 N–H and O–H groups in total. The molecule has 1 heterocycles. The number of nitrogen functional groups attached to an aromatic ring is 1. The molecular weight excluding hydrogens is 296 g/mol. The molecule has 0 saturated carbocycles. The number of nitrogens with zero attached hydrogens (tertiary/aromatic N) is 2. The van der Waals surface area contributed by atoms with Crippen molar-refractivity contribution < 1.29 is 9.66 Å². The SMILES string of the molecule is Cc1ccc(OCc2nc(NN)ccc2Cl)c([N+](=O)[O-])c1. The van der Waals surface area contributed by atoms with Crippen molar-refractivity contribution in [2.45, 2.75) is 13.5 Å². The molecule has 7 nitrogen and oxygen atoms in total. The maximum Gasteiger partial charge on any atom is 0.311 e. The first kappa shape index (κ1) is 15.0. The summed E-state index contributed by atoms with van der Waals surface area (Å²) in [6.07, 6.45) is 0. The Kier molecular flexibility index (Phi) is 4.56. The van der Waals surface area contributed by atoms with E-state index in [1.54, 1.807) is 31.2 Å². The number of hydrazine groups is 1. The number of nitrogens with one attached hydrogen (secondary N) is 1. The molecule has 0 atom stereocenters. The minimum Gasteiger partial charge on any atom is -0.480 e. The number of halogens is 1. The third-order valence-electron chi connectivity index (χ3n) is 2.74. The summed E-state index contributed by atoms with van der Waals surface area (Å²) < 4.78 is 5.46. The maximum atomic E-state index is 11.0. The summed E-state index contributed by atoms with van der Waals surface area (Å²) in [6, 6.07) is 7.95. The predicted octanol–water partition coefficient (Wildman–Crippen LogP) is 2.82. The molecule has 0 fully saturated rings. The molecule has 8 heteroatoms. The molecule has 2 rings (SSSR count). The molecule has 0 spiro atoms. The van der Waals surface area contributed by atoms with Gasteiger partial charge in [0.2, 0.25) is 0 Å². The van der Waals surface area contributed by atoms with Crippen molar-refractivity contribution >= 4 is 23.1 Å². The molecule has 1 aromatic heterocycles. The molecule has 0 aliphatic heterocycles. The summed E-state index contributed by atoms with van der Waals surface area (Å²) in [5.74, 6) is 5.86. The molecule has 21 heavy (non-hydrogen) atoms. The second kappa shape index (κ2) is 6.38. The Labute approximate surface area is 125 Å². The van der Waals surface area contributed by atoms with Gasteiger partial charge in [-0.2, -0.15) is 0 Å². The molecule has 1 aromatic carbocycles. The molecule has 0 bridgehead atoms. The lowest BCUT2D eigenvalue weighted by Gasteiger charge is -2.09. The van der Waals surface area contributed by atoms with Crippen LogP contribution >= 0.6 is 11.6 Å². The van der Waals surface area contributed by atoms with Crippen LogP contribution in [0.4, 0.5) is 11.5 Å². The monoisotopic (exact) mass is 308 g/mol. The van der Waals surface area contributed by atoms with Crippen LogP contribution in [0.1, 0.15) is 11.3 Å². The lowest BCUT2D eigenvalue weighted by atomic mass is 10.2. The Bertz CT molecular complexity index is 678. The average Bonchev–Trinajstić information content (AvgIpc) is 2.47. The van der Waals surface area contributed by atoms with Crippen LogP contribution in [-0.2, 0) is 6.61 Å². The number of aromatic nitrogens is 1. The minimum absolute atomic E-state index is 0.00173. The van der Waals surface area contributed by atoms with Gasteiger partial charge in [0.05, 0.1) is 15.6 Å². The lowest BCUT2D eigenvalue weighted by Crippen LogP contribution is -2.10. The first-order chi connectivity index (χ1) is 10.0. The van der Waals surface area contributed by atoms with Crippen LogP contribution in [0.3, 0.4) is 0 Å². The number of nitro groups is 1. The first-order valence-corrected chi connectivity index (χ1v) is 6.39. The van der Waals surface area contributed by atoms with E-state index in [0.717, 1.165) is 5.56 Å². The van der Waals surface area contributed by atoms with Gasteiger partial charge in [-0.1, -0.05) is 17.7 Å². The van der Waals surface area contributed by atoms with E-state index in [0.29, 0.717) is 16.5 Å². The average molecular weight is 309 g/mol. The van der Waals surface area contributed by atoms with E-state index >= 15 is 0 Å². The summed E-state index contributed by atoms with van der Waals surface area (Å²) in [7, 11) is 0. The fourth-order valence-electron chi connectivity index (χ4n) is 1.70. The number of pyridine rings is 1. The van der Waals surface area contributed by atoms with Crippen LogP contribution in [-0.4, -0.2) is 9.91 Å². The van der Waals surface area contributed by atoms with Gasteiger partial charge >= 0.3 is 5.69 Å². The van der Waals surface area contributed by atoms with Gasteiger partial charge in [0, 0.05) is 6.07 Å². The number of nitro benzene ring substituents is 1. The number of nitrogens with two attached hydrogens (primary N) is 1. The number of aryl methyl sites for hydroxylation is 1. The van der Waals surface area contributed by atoms with Gasteiger partial charge in [0.25, 0.3) is 0 Å².